The average molecular weight is 443 g/mol. The summed E-state index contributed by atoms with van der Waals surface area (Å²) < 4.78 is 12.5. The molecule has 33 heavy (non-hydrogen) atoms. The van der Waals surface area contributed by atoms with Crippen LogP contribution in [0.25, 0.3) is 10.8 Å². The summed E-state index contributed by atoms with van der Waals surface area (Å²) in [7, 11) is 0. The van der Waals surface area contributed by atoms with Crippen molar-refractivity contribution in [3.63, 3.8) is 0 Å². The zero-order valence-corrected chi connectivity index (χ0v) is 19.9. The Hall–Kier alpha value is -3.34. The summed E-state index contributed by atoms with van der Waals surface area (Å²) in [4.78, 5) is 20.8. The van der Waals surface area contributed by atoms with Gasteiger partial charge in [0.25, 0.3) is 0 Å². The molecule has 0 radical (unpaired) electrons. The van der Waals surface area contributed by atoms with E-state index in [1.54, 1.807) is 0 Å². The highest BCUT2D eigenvalue weighted by atomic mass is 16.6. The highest BCUT2D eigenvalue weighted by molar-refractivity contribution is 6.04. The third-order valence-electron chi connectivity index (χ3n) is 6.83. The summed E-state index contributed by atoms with van der Waals surface area (Å²) in [6.45, 7) is 11.2. The van der Waals surface area contributed by atoms with Gasteiger partial charge in [-0.2, -0.15) is 0 Å². The quantitative estimate of drug-likeness (QED) is 0.470. The molecule has 1 spiro atoms. The van der Waals surface area contributed by atoms with E-state index in [-0.39, 0.29) is 5.97 Å². The summed E-state index contributed by atoms with van der Waals surface area (Å²) in [5.74, 6) is 0.708. The van der Waals surface area contributed by atoms with Crippen molar-refractivity contribution >= 4 is 34.3 Å². The predicted molar refractivity (Wildman–Crippen MR) is 133 cm³/mol. The molecule has 2 aliphatic rings. The van der Waals surface area contributed by atoms with Crippen LogP contribution in [-0.2, 0) is 14.9 Å². The van der Waals surface area contributed by atoms with Gasteiger partial charge in [0.05, 0.1) is 12.8 Å². The molecule has 0 saturated heterocycles. The number of aliphatic imine (C=N–C) groups is 1. The predicted octanol–water partition coefficient (Wildman–Crippen LogP) is 5.94. The van der Waals surface area contributed by atoms with E-state index in [1.807, 2.05) is 51.3 Å². The first-order valence-electron chi connectivity index (χ1n) is 11.6. The molecule has 5 heteroatoms. The number of nitrogens with zero attached hydrogens (tertiary/aromatic N) is 2. The maximum absolute atomic E-state index is 13.7. The Labute approximate surface area is 195 Å². The molecule has 0 bridgehead atoms. The molecule has 5 rings (SSSR count). The molecule has 0 fully saturated rings. The Morgan fingerprint density at radius 1 is 1.15 bits per heavy atom. The SMILES string of the molecule is CCOC(=O)C1(C)c2cc(C)ccc2N(CC(C)C)C12C=Nc1c(ccc3ccccc13)O2. The van der Waals surface area contributed by atoms with Crippen molar-refractivity contribution in [2.24, 2.45) is 10.9 Å². The van der Waals surface area contributed by atoms with Gasteiger partial charge in [-0.1, -0.05) is 61.9 Å². The number of rotatable bonds is 4. The lowest BCUT2D eigenvalue weighted by Gasteiger charge is -2.46. The van der Waals surface area contributed by atoms with Crippen molar-refractivity contribution in [1.29, 1.82) is 0 Å². The van der Waals surface area contributed by atoms with Crippen molar-refractivity contribution in [2.45, 2.75) is 45.8 Å². The maximum atomic E-state index is 13.7. The smallest absolute Gasteiger partial charge is 0.322 e. The van der Waals surface area contributed by atoms with Gasteiger partial charge in [0, 0.05) is 17.6 Å². The average Bonchev–Trinajstić information content (AvgIpc) is 2.99. The standard InChI is InChI=1S/C28H30N2O3/c1-6-32-26(31)27(5)22-15-19(4)11-13-23(22)30(16-18(2)3)28(27)17-29-25-21-10-8-7-9-20(21)12-14-24(25)33-28/h7-15,17-18H,6,16H2,1-5H3. The number of benzene rings is 3. The monoisotopic (exact) mass is 442 g/mol. The Morgan fingerprint density at radius 3 is 2.70 bits per heavy atom. The maximum Gasteiger partial charge on any atom is 0.322 e. The summed E-state index contributed by atoms with van der Waals surface area (Å²) in [6, 6.07) is 18.4. The van der Waals surface area contributed by atoms with Crippen LogP contribution in [0.3, 0.4) is 0 Å². The number of esters is 1. The number of fused-ring (bicyclic) bond motifs is 4. The Balaban J connectivity index is 1.77. The largest absolute Gasteiger partial charge is 0.465 e. The van der Waals surface area contributed by atoms with Gasteiger partial charge in [-0.15, -0.1) is 0 Å². The van der Waals surface area contributed by atoms with Gasteiger partial charge in [0.15, 0.2) is 5.41 Å². The highest BCUT2D eigenvalue weighted by Crippen LogP contribution is 2.56. The second kappa shape index (κ2) is 7.62. The fourth-order valence-electron chi connectivity index (χ4n) is 5.21. The summed E-state index contributed by atoms with van der Waals surface area (Å²) in [5.41, 5.74) is 1.56. The van der Waals surface area contributed by atoms with Crippen LogP contribution in [0.15, 0.2) is 59.6 Å². The normalized spacial score (nSPS) is 23.0. The first-order valence-corrected chi connectivity index (χ1v) is 11.6. The minimum atomic E-state index is -1.13. The van der Waals surface area contributed by atoms with Gasteiger partial charge < -0.3 is 14.4 Å². The van der Waals surface area contributed by atoms with Gasteiger partial charge >= 0.3 is 5.97 Å². The third-order valence-corrected chi connectivity index (χ3v) is 6.83. The second-order valence-corrected chi connectivity index (χ2v) is 9.56. The van der Waals surface area contributed by atoms with E-state index >= 15 is 0 Å². The molecule has 0 N–H and O–H groups in total. The number of ether oxygens (including phenoxy) is 2. The first kappa shape index (κ1) is 21.5. The van der Waals surface area contributed by atoms with Crippen LogP contribution in [0.5, 0.6) is 5.75 Å². The third kappa shape index (κ3) is 2.98. The molecule has 2 aliphatic heterocycles. The molecular formula is C28H30N2O3. The molecule has 2 unspecified atom stereocenters. The molecule has 3 aromatic carbocycles. The lowest BCUT2D eigenvalue weighted by atomic mass is 9.75. The first-order chi connectivity index (χ1) is 15.8. The van der Waals surface area contributed by atoms with E-state index in [9.17, 15) is 4.79 Å². The number of aryl methyl sites for hydroxylation is 1. The fraction of sp³-hybridized carbons (Fsp3) is 0.357. The van der Waals surface area contributed by atoms with Gasteiger partial charge in [0.1, 0.15) is 11.4 Å². The van der Waals surface area contributed by atoms with Crippen LogP contribution in [0.4, 0.5) is 11.4 Å². The highest BCUT2D eigenvalue weighted by Gasteiger charge is 2.67. The van der Waals surface area contributed by atoms with Crippen LogP contribution in [-0.4, -0.2) is 31.1 Å². The molecule has 0 aromatic heterocycles. The fourth-order valence-corrected chi connectivity index (χ4v) is 5.21. The summed E-state index contributed by atoms with van der Waals surface area (Å²) in [6.07, 6.45) is 1.83. The number of anilines is 1. The van der Waals surface area contributed by atoms with Crippen molar-refractivity contribution in [1.82, 2.24) is 0 Å². The lowest BCUT2D eigenvalue weighted by molar-refractivity contribution is -0.155. The molecule has 0 amide bonds. The van der Waals surface area contributed by atoms with E-state index in [4.69, 9.17) is 14.5 Å². The molecule has 2 atom stereocenters. The van der Waals surface area contributed by atoms with Gasteiger partial charge in [-0.05, 0) is 49.8 Å². The molecular weight excluding hydrogens is 412 g/mol. The molecule has 5 nitrogen and oxygen atoms in total. The van der Waals surface area contributed by atoms with Crippen LogP contribution in [0.1, 0.15) is 38.8 Å². The summed E-state index contributed by atoms with van der Waals surface area (Å²) in [5, 5.41) is 2.13. The van der Waals surface area contributed by atoms with Crippen molar-refractivity contribution in [2.75, 3.05) is 18.1 Å². The van der Waals surface area contributed by atoms with E-state index in [1.165, 1.54) is 0 Å². The second-order valence-electron chi connectivity index (χ2n) is 9.56. The topological polar surface area (TPSA) is 51.1 Å². The zero-order valence-electron chi connectivity index (χ0n) is 19.9. The number of carbonyl (C=O) groups excluding carboxylic acids is 1. The van der Waals surface area contributed by atoms with E-state index < -0.39 is 11.1 Å². The Kier molecular flexibility index (Phi) is 4.96. The van der Waals surface area contributed by atoms with Crippen molar-refractivity contribution in [3.8, 4) is 5.75 Å². The zero-order chi connectivity index (χ0) is 23.4. The van der Waals surface area contributed by atoms with Crippen LogP contribution >= 0.6 is 0 Å². The number of hydrogen-bond donors (Lipinski definition) is 0. The Bertz CT molecular complexity index is 1280. The summed E-state index contributed by atoms with van der Waals surface area (Å²) >= 11 is 0. The van der Waals surface area contributed by atoms with E-state index in [0.717, 1.165) is 33.3 Å². The number of hydrogen-bond acceptors (Lipinski definition) is 5. The minimum absolute atomic E-state index is 0.300. The Morgan fingerprint density at radius 2 is 1.94 bits per heavy atom. The van der Waals surface area contributed by atoms with Gasteiger partial charge in [-0.25, -0.2) is 0 Å². The van der Waals surface area contributed by atoms with E-state index in [2.05, 4.69) is 49.1 Å². The van der Waals surface area contributed by atoms with E-state index in [0.29, 0.717) is 24.8 Å². The lowest BCUT2D eigenvalue weighted by Crippen LogP contribution is -2.66. The van der Waals surface area contributed by atoms with Crippen LogP contribution < -0.4 is 9.64 Å². The van der Waals surface area contributed by atoms with Gasteiger partial charge in [-0.3, -0.25) is 9.79 Å². The molecule has 3 aromatic rings. The molecule has 0 saturated carbocycles. The van der Waals surface area contributed by atoms with Crippen molar-refractivity contribution < 1.29 is 14.3 Å². The van der Waals surface area contributed by atoms with Crippen LogP contribution in [0.2, 0.25) is 0 Å². The molecule has 170 valence electrons. The molecule has 0 aliphatic carbocycles. The molecule has 2 heterocycles. The number of carbonyl (C=O) groups is 1. The minimum Gasteiger partial charge on any atom is -0.465 e. The van der Waals surface area contributed by atoms with Gasteiger partial charge in [0.2, 0.25) is 5.72 Å². The van der Waals surface area contributed by atoms with Crippen molar-refractivity contribution in [3.05, 3.63) is 65.7 Å². The van der Waals surface area contributed by atoms with Crippen LogP contribution in [0, 0.1) is 12.8 Å².